The maximum absolute atomic E-state index is 12.2. The van der Waals surface area contributed by atoms with Gasteiger partial charge < -0.3 is 14.2 Å². The molecule has 1 aliphatic heterocycles. The largest absolute Gasteiger partial charge is 0.489 e. The Labute approximate surface area is 148 Å². The number of hydrogen-bond donors (Lipinski definition) is 0. The van der Waals surface area contributed by atoms with E-state index in [9.17, 15) is 4.79 Å². The van der Waals surface area contributed by atoms with Crippen molar-refractivity contribution in [1.29, 1.82) is 0 Å². The molecule has 1 aliphatic rings. The van der Waals surface area contributed by atoms with E-state index in [0.717, 1.165) is 16.9 Å². The van der Waals surface area contributed by atoms with Crippen LogP contribution < -0.4 is 9.47 Å². The fourth-order valence-corrected chi connectivity index (χ4v) is 2.44. The molecule has 1 heterocycles. The van der Waals surface area contributed by atoms with E-state index in [4.69, 9.17) is 14.2 Å². The first-order valence-corrected chi connectivity index (χ1v) is 8.28. The molecule has 4 nitrogen and oxygen atoms in total. The van der Waals surface area contributed by atoms with Crippen LogP contribution in [0.2, 0.25) is 0 Å². The van der Waals surface area contributed by atoms with E-state index >= 15 is 0 Å². The highest BCUT2D eigenvalue weighted by molar-refractivity contribution is 5.95. The minimum atomic E-state index is -0.520. The Morgan fingerprint density at radius 1 is 1.12 bits per heavy atom. The molecule has 0 N–H and O–H groups in total. The fraction of sp³-hybridized carbons (Fsp3) is 0.286. The van der Waals surface area contributed by atoms with Gasteiger partial charge in [-0.25, -0.2) is 4.79 Å². The van der Waals surface area contributed by atoms with Crippen LogP contribution in [0.25, 0.3) is 6.08 Å². The van der Waals surface area contributed by atoms with E-state index in [0.29, 0.717) is 17.9 Å². The maximum atomic E-state index is 12.2. The average molecular weight is 338 g/mol. The summed E-state index contributed by atoms with van der Waals surface area (Å²) < 4.78 is 16.9. The minimum absolute atomic E-state index is 0.198. The zero-order valence-corrected chi connectivity index (χ0v) is 14.7. The Hall–Kier alpha value is -2.75. The molecule has 130 valence electrons. The summed E-state index contributed by atoms with van der Waals surface area (Å²) in [7, 11) is 0. The highest BCUT2D eigenvalue weighted by atomic mass is 16.6. The molecule has 0 fully saturated rings. The number of benzene rings is 2. The Bertz CT molecular complexity index is 785. The summed E-state index contributed by atoms with van der Waals surface area (Å²) in [6.45, 7) is 6.24. The second kappa shape index (κ2) is 7.01. The van der Waals surface area contributed by atoms with Crippen molar-refractivity contribution < 1.29 is 19.0 Å². The van der Waals surface area contributed by atoms with Gasteiger partial charge in [0.15, 0.2) is 0 Å². The highest BCUT2D eigenvalue weighted by Gasteiger charge is 2.23. The maximum Gasteiger partial charge on any atom is 0.338 e. The number of hydrogen-bond acceptors (Lipinski definition) is 4. The molecule has 2 aromatic carbocycles. The van der Waals surface area contributed by atoms with Gasteiger partial charge in [-0.1, -0.05) is 30.3 Å². The van der Waals surface area contributed by atoms with Crippen LogP contribution in [-0.4, -0.2) is 18.2 Å². The van der Waals surface area contributed by atoms with E-state index in [1.54, 1.807) is 0 Å². The van der Waals surface area contributed by atoms with Crippen LogP contribution in [0, 0.1) is 0 Å². The number of esters is 1. The summed E-state index contributed by atoms with van der Waals surface area (Å²) >= 11 is 0. The third-order valence-electron chi connectivity index (χ3n) is 3.61. The normalized spacial score (nSPS) is 13.3. The molecule has 0 amide bonds. The van der Waals surface area contributed by atoms with Gasteiger partial charge in [-0.15, -0.1) is 0 Å². The second-order valence-corrected chi connectivity index (χ2v) is 6.93. The van der Waals surface area contributed by atoms with Gasteiger partial charge in [-0.3, -0.25) is 0 Å². The zero-order valence-electron chi connectivity index (χ0n) is 14.7. The van der Waals surface area contributed by atoms with Crippen molar-refractivity contribution in [3.8, 4) is 11.5 Å². The van der Waals surface area contributed by atoms with E-state index in [-0.39, 0.29) is 12.6 Å². The lowest BCUT2D eigenvalue weighted by molar-refractivity contribution is -0.150. The number of carbonyl (C=O) groups excluding carboxylic acids is 1. The molecule has 2 aromatic rings. The van der Waals surface area contributed by atoms with Crippen LogP contribution in [0.15, 0.2) is 54.1 Å². The number of ether oxygens (including phenoxy) is 3. The van der Waals surface area contributed by atoms with Gasteiger partial charge in [0.2, 0.25) is 0 Å². The summed E-state index contributed by atoms with van der Waals surface area (Å²) in [6.07, 6.45) is 1.81. The van der Waals surface area contributed by atoms with Crippen LogP contribution in [0.1, 0.15) is 31.9 Å². The van der Waals surface area contributed by atoms with Gasteiger partial charge in [-0.05, 0) is 44.5 Å². The van der Waals surface area contributed by atoms with Crippen molar-refractivity contribution in [3.63, 3.8) is 0 Å². The quantitative estimate of drug-likeness (QED) is 0.776. The van der Waals surface area contributed by atoms with Crippen LogP contribution in [0.3, 0.4) is 0 Å². The Morgan fingerprint density at radius 3 is 2.60 bits per heavy atom. The molecular weight excluding hydrogens is 316 g/mol. The van der Waals surface area contributed by atoms with Crippen LogP contribution in [-0.2, 0) is 16.1 Å². The third kappa shape index (κ3) is 4.63. The molecule has 0 saturated heterocycles. The van der Waals surface area contributed by atoms with Crippen LogP contribution in [0.4, 0.5) is 0 Å². The molecule has 0 radical (unpaired) electrons. The number of fused-ring (bicyclic) bond motifs is 1. The Morgan fingerprint density at radius 2 is 1.88 bits per heavy atom. The van der Waals surface area contributed by atoms with Crippen LogP contribution >= 0.6 is 0 Å². The SMILES string of the molecule is CC(C)(C)OC(=O)C1=Cc2ccc(OCc3ccccc3)cc2OC1. The smallest absolute Gasteiger partial charge is 0.338 e. The standard InChI is InChI=1S/C21H22O4/c1-21(2,3)25-20(22)17-11-16-9-10-18(12-19(16)24-14-17)23-13-15-7-5-4-6-8-15/h4-12H,13-14H2,1-3H3. The first-order chi connectivity index (χ1) is 11.9. The fourth-order valence-electron chi connectivity index (χ4n) is 2.44. The lowest BCUT2D eigenvalue weighted by atomic mass is 10.1. The van der Waals surface area contributed by atoms with Gasteiger partial charge in [-0.2, -0.15) is 0 Å². The monoisotopic (exact) mass is 338 g/mol. The second-order valence-electron chi connectivity index (χ2n) is 6.93. The van der Waals surface area contributed by atoms with E-state index < -0.39 is 5.60 Å². The molecule has 0 aliphatic carbocycles. The molecule has 0 bridgehead atoms. The summed E-state index contributed by atoms with van der Waals surface area (Å²) in [5.74, 6) is 1.09. The molecule has 25 heavy (non-hydrogen) atoms. The molecular formula is C21H22O4. The molecule has 0 spiro atoms. The van der Waals surface area contributed by atoms with Crippen molar-refractivity contribution in [2.75, 3.05) is 6.61 Å². The average Bonchev–Trinajstić information content (AvgIpc) is 2.59. The zero-order chi connectivity index (χ0) is 17.9. The predicted octanol–water partition coefficient (Wildman–Crippen LogP) is 4.38. The van der Waals surface area contributed by atoms with Crippen molar-refractivity contribution in [1.82, 2.24) is 0 Å². The lowest BCUT2D eigenvalue weighted by Crippen LogP contribution is -2.27. The van der Waals surface area contributed by atoms with Crippen molar-refractivity contribution >= 4 is 12.0 Å². The molecule has 0 atom stereocenters. The van der Waals surface area contributed by atoms with Gasteiger partial charge >= 0.3 is 5.97 Å². The molecule has 0 aromatic heterocycles. The van der Waals surface area contributed by atoms with Crippen molar-refractivity contribution in [2.24, 2.45) is 0 Å². The first kappa shape index (κ1) is 17.1. The van der Waals surface area contributed by atoms with Gasteiger partial charge in [0.05, 0.1) is 5.57 Å². The molecule has 3 rings (SSSR count). The van der Waals surface area contributed by atoms with Crippen molar-refractivity contribution in [3.05, 3.63) is 65.2 Å². The van der Waals surface area contributed by atoms with E-state index in [2.05, 4.69) is 0 Å². The Kier molecular flexibility index (Phi) is 4.79. The molecule has 0 unspecified atom stereocenters. The highest BCUT2D eigenvalue weighted by Crippen LogP contribution is 2.31. The lowest BCUT2D eigenvalue weighted by Gasteiger charge is -2.23. The van der Waals surface area contributed by atoms with Gasteiger partial charge in [0.1, 0.15) is 30.3 Å². The summed E-state index contributed by atoms with van der Waals surface area (Å²) in [5, 5.41) is 0. The predicted molar refractivity (Wildman–Crippen MR) is 96.5 cm³/mol. The summed E-state index contributed by atoms with van der Waals surface area (Å²) in [4.78, 5) is 12.2. The summed E-state index contributed by atoms with van der Waals surface area (Å²) in [5.41, 5.74) is 1.95. The number of carbonyl (C=O) groups is 1. The van der Waals surface area contributed by atoms with Crippen LogP contribution in [0.5, 0.6) is 11.5 Å². The van der Waals surface area contributed by atoms with Gasteiger partial charge in [0.25, 0.3) is 0 Å². The molecule has 0 saturated carbocycles. The summed E-state index contributed by atoms with van der Waals surface area (Å²) in [6, 6.07) is 15.6. The van der Waals surface area contributed by atoms with E-state index in [1.807, 2.05) is 75.4 Å². The first-order valence-electron chi connectivity index (χ1n) is 8.28. The minimum Gasteiger partial charge on any atom is -0.489 e. The number of rotatable bonds is 4. The molecule has 4 heteroatoms. The topological polar surface area (TPSA) is 44.8 Å². The van der Waals surface area contributed by atoms with Crippen molar-refractivity contribution in [2.45, 2.75) is 33.0 Å². The van der Waals surface area contributed by atoms with E-state index in [1.165, 1.54) is 0 Å². The van der Waals surface area contributed by atoms with Gasteiger partial charge in [0, 0.05) is 11.6 Å². The Balaban J connectivity index is 1.69. The third-order valence-corrected chi connectivity index (χ3v) is 3.61.